The van der Waals surface area contributed by atoms with Crippen LogP contribution in [0.1, 0.15) is 20.3 Å². The standard InChI is InChI=1S/C7H12FNO/c1-7(2)3-5(4-8)9-6(7)10/h5H,3-4H2,1-2H3,(H,9,10). The summed E-state index contributed by atoms with van der Waals surface area (Å²) in [7, 11) is 0. The molecule has 0 aliphatic carbocycles. The van der Waals surface area contributed by atoms with E-state index in [9.17, 15) is 9.18 Å². The van der Waals surface area contributed by atoms with Crippen LogP contribution in [0.25, 0.3) is 0 Å². The van der Waals surface area contributed by atoms with Gasteiger partial charge < -0.3 is 5.32 Å². The summed E-state index contributed by atoms with van der Waals surface area (Å²) < 4.78 is 12.0. The monoisotopic (exact) mass is 145 g/mol. The maximum atomic E-state index is 12.0. The lowest BCUT2D eigenvalue weighted by Gasteiger charge is -2.11. The second-order valence-corrected chi connectivity index (χ2v) is 3.41. The molecule has 1 aliphatic rings. The summed E-state index contributed by atoms with van der Waals surface area (Å²) in [5.41, 5.74) is -0.364. The third kappa shape index (κ3) is 1.13. The minimum absolute atomic E-state index is 0.0323. The summed E-state index contributed by atoms with van der Waals surface area (Å²) in [5, 5.41) is 2.58. The van der Waals surface area contributed by atoms with Crippen LogP contribution >= 0.6 is 0 Å². The molecule has 58 valence electrons. The summed E-state index contributed by atoms with van der Waals surface area (Å²) in [5.74, 6) is -0.0323. The van der Waals surface area contributed by atoms with Crippen LogP contribution in [-0.2, 0) is 4.79 Å². The maximum absolute atomic E-state index is 12.0. The smallest absolute Gasteiger partial charge is 0.226 e. The molecule has 0 radical (unpaired) electrons. The van der Waals surface area contributed by atoms with Crippen molar-refractivity contribution in [2.45, 2.75) is 26.3 Å². The molecule has 1 rings (SSSR count). The van der Waals surface area contributed by atoms with Crippen LogP contribution in [0.5, 0.6) is 0 Å². The lowest BCUT2D eigenvalue weighted by atomic mass is 9.90. The first-order valence-electron chi connectivity index (χ1n) is 3.43. The number of alkyl halides is 1. The van der Waals surface area contributed by atoms with Crippen LogP contribution in [0.15, 0.2) is 0 Å². The van der Waals surface area contributed by atoms with Gasteiger partial charge in [0.05, 0.1) is 6.04 Å². The predicted molar refractivity (Wildman–Crippen MR) is 36.3 cm³/mol. The maximum Gasteiger partial charge on any atom is 0.226 e. The van der Waals surface area contributed by atoms with Crippen LogP contribution in [0.4, 0.5) is 4.39 Å². The van der Waals surface area contributed by atoms with Gasteiger partial charge in [-0.15, -0.1) is 0 Å². The highest BCUT2D eigenvalue weighted by Crippen LogP contribution is 2.28. The van der Waals surface area contributed by atoms with Gasteiger partial charge in [-0.3, -0.25) is 4.79 Å². The Kier molecular flexibility index (Phi) is 1.67. The molecule has 3 heteroatoms. The summed E-state index contributed by atoms with van der Waals surface area (Å²) in [6, 6.07) is -0.248. The van der Waals surface area contributed by atoms with Crippen molar-refractivity contribution in [1.29, 1.82) is 0 Å². The zero-order valence-electron chi connectivity index (χ0n) is 6.28. The fraction of sp³-hybridized carbons (Fsp3) is 0.857. The van der Waals surface area contributed by atoms with Gasteiger partial charge in [-0.1, -0.05) is 13.8 Å². The Morgan fingerprint density at radius 1 is 1.80 bits per heavy atom. The fourth-order valence-corrected chi connectivity index (χ4v) is 1.23. The Morgan fingerprint density at radius 2 is 2.40 bits per heavy atom. The van der Waals surface area contributed by atoms with Crippen LogP contribution < -0.4 is 5.32 Å². The molecule has 1 atom stereocenters. The van der Waals surface area contributed by atoms with Crippen molar-refractivity contribution in [2.24, 2.45) is 5.41 Å². The molecule has 1 amide bonds. The van der Waals surface area contributed by atoms with Gasteiger partial charge in [0.15, 0.2) is 0 Å². The Morgan fingerprint density at radius 3 is 2.60 bits per heavy atom. The molecule has 1 fully saturated rings. The quantitative estimate of drug-likeness (QED) is 0.582. The number of amides is 1. The normalized spacial score (nSPS) is 30.3. The SMILES string of the molecule is CC1(C)CC(CF)NC1=O. The molecule has 2 nitrogen and oxygen atoms in total. The predicted octanol–water partition coefficient (Wildman–Crippen LogP) is 0.871. The van der Waals surface area contributed by atoms with Crippen LogP contribution in [0.2, 0.25) is 0 Å². The summed E-state index contributed by atoms with van der Waals surface area (Å²) in [4.78, 5) is 11.0. The van der Waals surface area contributed by atoms with Crippen molar-refractivity contribution in [2.75, 3.05) is 6.67 Å². The molecule has 0 saturated carbocycles. The zero-order chi connectivity index (χ0) is 7.78. The van der Waals surface area contributed by atoms with Crippen LogP contribution in [0.3, 0.4) is 0 Å². The largest absolute Gasteiger partial charge is 0.350 e. The number of carbonyl (C=O) groups excluding carboxylic acids is 1. The first-order valence-corrected chi connectivity index (χ1v) is 3.43. The van der Waals surface area contributed by atoms with E-state index in [1.54, 1.807) is 0 Å². The van der Waals surface area contributed by atoms with Gasteiger partial charge in [0, 0.05) is 5.41 Å². The number of carbonyl (C=O) groups is 1. The zero-order valence-corrected chi connectivity index (χ0v) is 6.28. The fourth-order valence-electron chi connectivity index (χ4n) is 1.23. The van der Waals surface area contributed by atoms with E-state index >= 15 is 0 Å². The average Bonchev–Trinajstić information content (AvgIpc) is 2.08. The molecule has 0 aromatic heterocycles. The lowest BCUT2D eigenvalue weighted by Crippen LogP contribution is -2.29. The average molecular weight is 145 g/mol. The molecule has 1 saturated heterocycles. The molecule has 1 unspecified atom stereocenters. The van der Waals surface area contributed by atoms with E-state index in [0.717, 1.165) is 0 Å². The van der Waals surface area contributed by atoms with Crippen molar-refractivity contribution in [3.63, 3.8) is 0 Å². The lowest BCUT2D eigenvalue weighted by molar-refractivity contribution is -0.126. The molecule has 0 aromatic carbocycles. The Balaban J connectivity index is 2.62. The topological polar surface area (TPSA) is 29.1 Å². The third-order valence-corrected chi connectivity index (χ3v) is 1.89. The number of hydrogen-bond acceptors (Lipinski definition) is 1. The number of hydrogen-bond donors (Lipinski definition) is 1. The van der Waals surface area contributed by atoms with E-state index < -0.39 is 6.67 Å². The van der Waals surface area contributed by atoms with Crippen molar-refractivity contribution in [3.05, 3.63) is 0 Å². The highest BCUT2D eigenvalue weighted by atomic mass is 19.1. The molecular weight excluding hydrogens is 133 g/mol. The van der Waals surface area contributed by atoms with E-state index in [0.29, 0.717) is 6.42 Å². The van der Waals surface area contributed by atoms with E-state index in [4.69, 9.17) is 0 Å². The van der Waals surface area contributed by atoms with Gasteiger partial charge >= 0.3 is 0 Å². The summed E-state index contributed by atoms with van der Waals surface area (Å²) in [6.07, 6.45) is 0.613. The summed E-state index contributed by atoms with van der Waals surface area (Å²) >= 11 is 0. The molecule has 1 aliphatic heterocycles. The molecule has 10 heavy (non-hydrogen) atoms. The first-order chi connectivity index (χ1) is 4.56. The van der Waals surface area contributed by atoms with Crippen LogP contribution in [-0.4, -0.2) is 18.6 Å². The number of halogens is 1. The van der Waals surface area contributed by atoms with Crippen molar-refractivity contribution < 1.29 is 9.18 Å². The van der Waals surface area contributed by atoms with Crippen LogP contribution in [0, 0.1) is 5.41 Å². The van der Waals surface area contributed by atoms with Gasteiger partial charge in [-0.05, 0) is 6.42 Å². The molecule has 1 N–H and O–H groups in total. The Hall–Kier alpha value is -0.600. The second-order valence-electron chi connectivity index (χ2n) is 3.41. The van der Waals surface area contributed by atoms with Gasteiger partial charge in [-0.25, -0.2) is 4.39 Å². The number of nitrogens with one attached hydrogen (secondary N) is 1. The van der Waals surface area contributed by atoms with Gasteiger partial charge in [0.2, 0.25) is 5.91 Å². The second kappa shape index (κ2) is 2.22. The van der Waals surface area contributed by atoms with Crippen molar-refractivity contribution >= 4 is 5.91 Å². The first kappa shape index (κ1) is 7.51. The molecule has 1 heterocycles. The van der Waals surface area contributed by atoms with Gasteiger partial charge in [0.1, 0.15) is 6.67 Å². The summed E-state index contributed by atoms with van der Waals surface area (Å²) in [6.45, 7) is 3.21. The third-order valence-electron chi connectivity index (χ3n) is 1.89. The molecular formula is C7H12FNO. The Bertz CT molecular complexity index is 156. The van der Waals surface area contributed by atoms with Crippen molar-refractivity contribution in [1.82, 2.24) is 5.32 Å². The molecule has 0 aromatic rings. The van der Waals surface area contributed by atoms with E-state index in [1.807, 2.05) is 13.8 Å². The highest BCUT2D eigenvalue weighted by Gasteiger charge is 2.38. The molecule has 0 bridgehead atoms. The minimum atomic E-state index is -0.449. The Labute approximate surface area is 59.8 Å². The number of rotatable bonds is 1. The molecule has 0 spiro atoms. The van der Waals surface area contributed by atoms with Gasteiger partial charge in [-0.2, -0.15) is 0 Å². The van der Waals surface area contributed by atoms with Gasteiger partial charge in [0.25, 0.3) is 0 Å². The minimum Gasteiger partial charge on any atom is -0.350 e. The highest BCUT2D eigenvalue weighted by molar-refractivity contribution is 5.84. The van der Waals surface area contributed by atoms with E-state index in [-0.39, 0.29) is 17.4 Å². The van der Waals surface area contributed by atoms with E-state index in [2.05, 4.69) is 5.32 Å². The van der Waals surface area contributed by atoms with E-state index in [1.165, 1.54) is 0 Å². The van der Waals surface area contributed by atoms with Crippen molar-refractivity contribution in [3.8, 4) is 0 Å².